The number of dihydropyridines is 1. The number of ether oxygens (including phenoxy) is 3. The van der Waals surface area contributed by atoms with Gasteiger partial charge in [0.25, 0.3) is 0 Å². The molecule has 10 heteroatoms. The fourth-order valence-electron chi connectivity index (χ4n) is 3.14. The first kappa shape index (κ1) is 23.6. The monoisotopic (exact) mass is 456 g/mol. The van der Waals surface area contributed by atoms with Gasteiger partial charge in [-0.15, -0.1) is 0 Å². The van der Waals surface area contributed by atoms with Crippen molar-refractivity contribution in [3.8, 4) is 0 Å². The second kappa shape index (κ2) is 10.4. The highest BCUT2D eigenvalue weighted by Crippen LogP contribution is 2.43. The third-order valence-corrected chi connectivity index (χ3v) is 5.12. The molecule has 162 valence electrons. The summed E-state index contributed by atoms with van der Waals surface area (Å²) in [4.78, 5) is 36.9. The van der Waals surface area contributed by atoms with Gasteiger partial charge in [0, 0.05) is 5.70 Å². The van der Waals surface area contributed by atoms with Gasteiger partial charge in [0.05, 0.1) is 46.0 Å². The first-order valence-corrected chi connectivity index (χ1v) is 9.89. The number of nitrogens with two attached hydrogens (primary N) is 1. The number of hydrogen-bond acceptors (Lipinski definition) is 7. The van der Waals surface area contributed by atoms with Crippen molar-refractivity contribution >= 4 is 41.2 Å². The number of primary amides is 1. The van der Waals surface area contributed by atoms with Gasteiger partial charge >= 0.3 is 18.0 Å². The van der Waals surface area contributed by atoms with Gasteiger partial charge in [-0.3, -0.25) is 0 Å². The molecule has 1 heterocycles. The van der Waals surface area contributed by atoms with Crippen LogP contribution in [0.5, 0.6) is 0 Å². The van der Waals surface area contributed by atoms with Crippen LogP contribution in [0.4, 0.5) is 4.79 Å². The number of allylic oxidation sites excluding steroid dienone is 1. The van der Waals surface area contributed by atoms with Crippen molar-refractivity contribution in [2.75, 3.05) is 19.8 Å². The van der Waals surface area contributed by atoms with Crippen molar-refractivity contribution in [1.29, 1.82) is 0 Å². The molecule has 2 rings (SSSR count). The van der Waals surface area contributed by atoms with E-state index < -0.39 is 23.9 Å². The quantitative estimate of drug-likeness (QED) is 0.476. The maximum Gasteiger partial charge on any atom is 0.404 e. The molecule has 0 fully saturated rings. The van der Waals surface area contributed by atoms with Crippen molar-refractivity contribution < 1.29 is 28.6 Å². The van der Waals surface area contributed by atoms with Gasteiger partial charge < -0.3 is 25.3 Å². The van der Waals surface area contributed by atoms with Gasteiger partial charge in [0.15, 0.2) is 0 Å². The van der Waals surface area contributed by atoms with Gasteiger partial charge in [-0.25, -0.2) is 14.4 Å². The maximum atomic E-state index is 12.9. The summed E-state index contributed by atoms with van der Waals surface area (Å²) in [6, 6.07) is 4.87. The molecule has 8 nitrogen and oxygen atoms in total. The van der Waals surface area contributed by atoms with Crippen LogP contribution in [0.25, 0.3) is 0 Å². The molecule has 3 N–H and O–H groups in total. The van der Waals surface area contributed by atoms with E-state index in [4.69, 9.17) is 43.1 Å². The van der Waals surface area contributed by atoms with E-state index in [1.807, 2.05) is 0 Å². The van der Waals surface area contributed by atoms with E-state index in [0.29, 0.717) is 11.3 Å². The summed E-state index contributed by atoms with van der Waals surface area (Å²) in [5.74, 6) is -2.33. The highest BCUT2D eigenvalue weighted by molar-refractivity contribution is 6.42. The van der Waals surface area contributed by atoms with Crippen LogP contribution in [0.15, 0.2) is 40.7 Å². The SMILES string of the molecule is CCOC(=O)C1=C(C)NC(COC(N)=O)=C(C(=O)OCC)C1c1cccc(Cl)c1Cl. The van der Waals surface area contributed by atoms with Crippen LogP contribution in [-0.2, 0) is 23.8 Å². The molecule has 30 heavy (non-hydrogen) atoms. The number of amides is 1. The summed E-state index contributed by atoms with van der Waals surface area (Å²) in [6.45, 7) is 4.81. The second-order valence-electron chi connectivity index (χ2n) is 6.18. The lowest BCUT2D eigenvalue weighted by Crippen LogP contribution is -2.35. The normalized spacial score (nSPS) is 16.1. The average molecular weight is 457 g/mol. The minimum atomic E-state index is -1.03. The largest absolute Gasteiger partial charge is 0.463 e. The van der Waals surface area contributed by atoms with Crippen LogP contribution in [-0.4, -0.2) is 37.9 Å². The van der Waals surface area contributed by atoms with E-state index in [0.717, 1.165) is 0 Å². The smallest absolute Gasteiger partial charge is 0.404 e. The zero-order valence-electron chi connectivity index (χ0n) is 16.7. The predicted molar refractivity (Wildman–Crippen MR) is 111 cm³/mol. The third-order valence-electron chi connectivity index (χ3n) is 4.29. The number of halogens is 2. The van der Waals surface area contributed by atoms with E-state index >= 15 is 0 Å². The van der Waals surface area contributed by atoms with E-state index in [1.165, 1.54) is 0 Å². The molecule has 0 radical (unpaired) electrons. The van der Waals surface area contributed by atoms with Crippen LogP contribution in [0.3, 0.4) is 0 Å². The molecule has 0 bridgehead atoms. The molecule has 1 unspecified atom stereocenters. The van der Waals surface area contributed by atoms with Gasteiger partial charge in [-0.05, 0) is 32.4 Å². The number of nitrogens with one attached hydrogen (secondary N) is 1. The predicted octanol–water partition coefficient (Wildman–Crippen LogP) is 3.43. The van der Waals surface area contributed by atoms with E-state index in [2.05, 4.69) is 5.32 Å². The van der Waals surface area contributed by atoms with Crippen molar-refractivity contribution in [2.24, 2.45) is 5.73 Å². The highest BCUT2D eigenvalue weighted by atomic mass is 35.5. The molecule has 0 saturated carbocycles. The third kappa shape index (κ3) is 5.06. The Morgan fingerprint density at radius 1 is 1.03 bits per heavy atom. The minimum Gasteiger partial charge on any atom is -0.463 e. The molecule has 1 aromatic rings. The zero-order valence-corrected chi connectivity index (χ0v) is 18.2. The molecular formula is C20H22Cl2N2O6. The Morgan fingerprint density at radius 3 is 2.20 bits per heavy atom. The van der Waals surface area contributed by atoms with Crippen molar-refractivity contribution in [1.82, 2.24) is 5.32 Å². The van der Waals surface area contributed by atoms with Crippen LogP contribution < -0.4 is 11.1 Å². The summed E-state index contributed by atoms with van der Waals surface area (Å²) < 4.78 is 15.3. The number of carbonyl (C=O) groups excluding carboxylic acids is 3. The molecule has 0 saturated heterocycles. The number of benzene rings is 1. The molecule has 0 spiro atoms. The summed E-state index contributed by atoms with van der Waals surface area (Å²) in [5.41, 5.74) is 6.27. The van der Waals surface area contributed by atoms with E-state index in [-0.39, 0.29) is 46.7 Å². The van der Waals surface area contributed by atoms with Gasteiger partial charge in [0.1, 0.15) is 6.61 Å². The molecule has 1 atom stereocenters. The van der Waals surface area contributed by atoms with Gasteiger partial charge in [0.2, 0.25) is 0 Å². The maximum absolute atomic E-state index is 12.9. The Bertz CT molecular complexity index is 926. The molecule has 0 aromatic heterocycles. The topological polar surface area (TPSA) is 117 Å². The number of rotatable bonds is 7. The van der Waals surface area contributed by atoms with E-state index in [9.17, 15) is 14.4 Å². The van der Waals surface area contributed by atoms with Crippen LogP contribution in [0.1, 0.15) is 32.3 Å². The molecule has 0 aliphatic carbocycles. The Hall–Kier alpha value is -2.71. The van der Waals surface area contributed by atoms with Crippen molar-refractivity contribution in [3.63, 3.8) is 0 Å². The number of carbonyl (C=O) groups is 3. The van der Waals surface area contributed by atoms with Gasteiger partial charge in [-0.1, -0.05) is 35.3 Å². The second-order valence-corrected chi connectivity index (χ2v) is 6.97. The lowest BCUT2D eigenvalue weighted by molar-refractivity contribution is -0.139. The average Bonchev–Trinajstić information content (AvgIpc) is 2.68. The summed E-state index contributed by atoms with van der Waals surface area (Å²) in [6.07, 6.45) is -1.03. The highest BCUT2D eigenvalue weighted by Gasteiger charge is 2.40. The zero-order chi connectivity index (χ0) is 22.4. The van der Waals surface area contributed by atoms with Crippen LogP contribution in [0.2, 0.25) is 10.0 Å². The molecule has 1 aliphatic heterocycles. The molecule has 1 aromatic carbocycles. The Labute approximate surface area is 183 Å². The van der Waals surface area contributed by atoms with Crippen LogP contribution >= 0.6 is 23.2 Å². The first-order chi connectivity index (χ1) is 14.2. The molecule has 1 aliphatic rings. The van der Waals surface area contributed by atoms with Crippen molar-refractivity contribution in [3.05, 3.63) is 56.3 Å². The summed E-state index contributed by atoms with van der Waals surface area (Å²) >= 11 is 12.6. The summed E-state index contributed by atoms with van der Waals surface area (Å²) in [7, 11) is 0. The lowest BCUT2D eigenvalue weighted by Gasteiger charge is -2.31. The van der Waals surface area contributed by atoms with Crippen LogP contribution in [0, 0.1) is 0 Å². The number of esters is 2. The standard InChI is InChI=1S/C20H22Cl2N2O6/c1-4-28-18(25)14-10(3)24-13(9-30-20(23)27)16(19(26)29-5-2)15(14)11-7-6-8-12(21)17(11)22/h6-8,15,24H,4-5,9H2,1-3H3,(H2,23,27). The first-order valence-electron chi connectivity index (χ1n) is 9.14. The fourth-order valence-corrected chi connectivity index (χ4v) is 3.55. The van der Waals surface area contributed by atoms with E-state index in [1.54, 1.807) is 39.0 Å². The molecule has 1 amide bonds. The summed E-state index contributed by atoms with van der Waals surface area (Å²) in [5, 5.41) is 3.34. The fraction of sp³-hybridized carbons (Fsp3) is 0.350. The molecular weight excluding hydrogens is 435 g/mol. The minimum absolute atomic E-state index is 0.0379. The van der Waals surface area contributed by atoms with Gasteiger partial charge in [-0.2, -0.15) is 0 Å². The number of hydrogen-bond donors (Lipinski definition) is 2. The Balaban J connectivity index is 2.77. The Kier molecular flexibility index (Phi) is 8.14. The lowest BCUT2D eigenvalue weighted by atomic mass is 9.80. The Morgan fingerprint density at radius 2 is 1.63 bits per heavy atom. The van der Waals surface area contributed by atoms with Crippen molar-refractivity contribution in [2.45, 2.75) is 26.7 Å².